The lowest BCUT2D eigenvalue weighted by Gasteiger charge is -2.36. The number of anilines is 2. The topological polar surface area (TPSA) is 81.7 Å². The number of carbonyl (C=O) groups excluding carboxylic acids is 1. The molecule has 1 fully saturated rings. The molecule has 0 aromatic heterocycles. The van der Waals surface area contributed by atoms with Crippen molar-refractivity contribution in [2.24, 2.45) is 0 Å². The van der Waals surface area contributed by atoms with Gasteiger partial charge in [0.15, 0.2) is 0 Å². The zero-order valence-electron chi connectivity index (χ0n) is 17.7. The summed E-state index contributed by atoms with van der Waals surface area (Å²) in [5.41, 5.74) is 2.75. The number of hydrogen-bond acceptors (Lipinski definition) is 5. The average Bonchev–Trinajstić information content (AvgIpc) is 2.84. The Hall–Kier alpha value is -3.43. The number of nitrogens with zero attached hydrogens (tertiary/aromatic N) is 2. The molecule has 7 nitrogen and oxygen atoms in total. The highest BCUT2D eigenvalue weighted by Crippen LogP contribution is 2.31. The normalized spacial score (nSPS) is 19.5. The molecule has 1 unspecified atom stereocenters. The van der Waals surface area contributed by atoms with Gasteiger partial charge >= 0.3 is 0 Å². The van der Waals surface area contributed by atoms with Crippen molar-refractivity contribution in [3.63, 3.8) is 0 Å². The van der Waals surface area contributed by atoms with E-state index in [1.807, 2.05) is 0 Å². The van der Waals surface area contributed by atoms with Crippen LogP contribution in [0.1, 0.15) is 22.1 Å². The summed E-state index contributed by atoms with van der Waals surface area (Å²) in [4.78, 5) is 17.1. The molecule has 9 heteroatoms. The monoisotopic (exact) mass is 466 g/mol. The molecule has 0 aliphatic carbocycles. The van der Waals surface area contributed by atoms with Gasteiger partial charge in [-0.05, 0) is 54.1 Å². The molecule has 2 aliphatic rings. The SMILES string of the molecule is O=C(c1ccc(C2Nc3ccccc3S(=O)(=O)N2)cc1)N1CCN(c2ccc(F)cc2)CC1. The quantitative estimate of drug-likeness (QED) is 0.620. The molecule has 2 heterocycles. The molecule has 3 aromatic rings. The van der Waals surface area contributed by atoms with Crippen LogP contribution in [0.15, 0.2) is 77.7 Å². The van der Waals surface area contributed by atoms with E-state index in [9.17, 15) is 17.6 Å². The predicted molar refractivity (Wildman–Crippen MR) is 124 cm³/mol. The minimum atomic E-state index is -3.63. The number of nitrogens with one attached hydrogen (secondary N) is 2. The molecule has 2 aliphatic heterocycles. The van der Waals surface area contributed by atoms with Crippen molar-refractivity contribution in [2.45, 2.75) is 11.1 Å². The molecule has 0 radical (unpaired) electrons. The molecule has 1 saturated heterocycles. The highest BCUT2D eigenvalue weighted by molar-refractivity contribution is 7.89. The molecule has 0 saturated carbocycles. The van der Waals surface area contributed by atoms with Crippen molar-refractivity contribution in [2.75, 3.05) is 36.4 Å². The van der Waals surface area contributed by atoms with Crippen LogP contribution in [0.5, 0.6) is 0 Å². The van der Waals surface area contributed by atoms with Gasteiger partial charge in [-0.3, -0.25) is 4.79 Å². The van der Waals surface area contributed by atoms with Crippen LogP contribution < -0.4 is 14.9 Å². The van der Waals surface area contributed by atoms with E-state index in [2.05, 4.69) is 14.9 Å². The zero-order chi connectivity index (χ0) is 23.0. The summed E-state index contributed by atoms with van der Waals surface area (Å²) < 4.78 is 40.9. The average molecular weight is 467 g/mol. The third kappa shape index (κ3) is 4.29. The summed E-state index contributed by atoms with van der Waals surface area (Å²) in [6.45, 7) is 2.47. The maximum absolute atomic E-state index is 13.2. The minimum absolute atomic E-state index is 0.0668. The number of fused-ring (bicyclic) bond motifs is 1. The Morgan fingerprint density at radius 1 is 0.879 bits per heavy atom. The van der Waals surface area contributed by atoms with E-state index in [-0.39, 0.29) is 16.6 Å². The zero-order valence-corrected chi connectivity index (χ0v) is 18.6. The highest BCUT2D eigenvalue weighted by Gasteiger charge is 2.30. The number of benzene rings is 3. The van der Waals surface area contributed by atoms with Crippen LogP contribution in [-0.2, 0) is 10.0 Å². The summed E-state index contributed by atoms with van der Waals surface area (Å²) in [5, 5.41) is 3.19. The third-order valence-corrected chi connectivity index (χ3v) is 7.48. The van der Waals surface area contributed by atoms with E-state index in [0.29, 0.717) is 43.0 Å². The van der Waals surface area contributed by atoms with Crippen LogP contribution in [-0.4, -0.2) is 45.4 Å². The fraction of sp³-hybridized carbons (Fsp3) is 0.208. The predicted octanol–water partition coefficient (Wildman–Crippen LogP) is 3.19. The van der Waals surface area contributed by atoms with E-state index in [4.69, 9.17) is 0 Å². The van der Waals surface area contributed by atoms with E-state index >= 15 is 0 Å². The van der Waals surface area contributed by atoms with Gasteiger partial charge in [0.25, 0.3) is 5.91 Å². The number of rotatable bonds is 3. The summed E-state index contributed by atoms with van der Waals surface area (Å²) in [6, 6.07) is 20.1. The van der Waals surface area contributed by atoms with Crippen LogP contribution in [0.3, 0.4) is 0 Å². The van der Waals surface area contributed by atoms with Gasteiger partial charge in [0.2, 0.25) is 10.0 Å². The van der Waals surface area contributed by atoms with Crippen molar-refractivity contribution in [3.8, 4) is 0 Å². The molecule has 2 N–H and O–H groups in total. The largest absolute Gasteiger partial charge is 0.368 e. The summed E-state index contributed by atoms with van der Waals surface area (Å²) in [6.07, 6.45) is -0.617. The van der Waals surface area contributed by atoms with E-state index in [1.165, 1.54) is 12.1 Å². The molecular formula is C24H23FN4O3S. The van der Waals surface area contributed by atoms with Crippen molar-refractivity contribution in [1.82, 2.24) is 9.62 Å². The summed E-state index contributed by atoms with van der Waals surface area (Å²) >= 11 is 0. The van der Waals surface area contributed by atoms with E-state index in [0.717, 1.165) is 5.69 Å². The standard InChI is InChI=1S/C24H23FN4O3S/c25-19-9-11-20(12-10-19)28-13-15-29(16-14-28)24(30)18-7-5-17(6-8-18)23-26-21-3-1-2-4-22(21)33(31,32)27-23/h1-12,23,26-27H,13-16H2. The molecule has 0 spiro atoms. The molecule has 5 rings (SSSR count). The van der Waals surface area contributed by atoms with Gasteiger partial charge < -0.3 is 15.1 Å². The fourth-order valence-corrected chi connectivity index (χ4v) is 5.50. The lowest BCUT2D eigenvalue weighted by molar-refractivity contribution is 0.0746. The number of carbonyl (C=O) groups is 1. The second kappa shape index (κ2) is 8.49. The van der Waals surface area contributed by atoms with Crippen molar-refractivity contribution < 1.29 is 17.6 Å². The van der Waals surface area contributed by atoms with Crippen LogP contribution in [0.4, 0.5) is 15.8 Å². The first kappa shape index (κ1) is 21.4. The maximum Gasteiger partial charge on any atom is 0.253 e. The Morgan fingerprint density at radius 2 is 1.55 bits per heavy atom. The Balaban J connectivity index is 1.25. The first-order chi connectivity index (χ1) is 15.9. The smallest absolute Gasteiger partial charge is 0.253 e. The van der Waals surface area contributed by atoms with Crippen LogP contribution >= 0.6 is 0 Å². The third-order valence-electron chi connectivity index (χ3n) is 6.00. The Kier molecular flexibility index (Phi) is 5.51. The Labute approximate surface area is 191 Å². The number of amides is 1. The van der Waals surface area contributed by atoms with Crippen LogP contribution in [0.25, 0.3) is 0 Å². The number of sulfonamides is 1. The number of para-hydroxylation sites is 1. The van der Waals surface area contributed by atoms with Crippen LogP contribution in [0, 0.1) is 5.82 Å². The number of piperazine rings is 1. The molecule has 1 atom stereocenters. The second-order valence-electron chi connectivity index (χ2n) is 8.07. The Morgan fingerprint density at radius 3 is 2.24 bits per heavy atom. The lowest BCUT2D eigenvalue weighted by atomic mass is 10.1. The highest BCUT2D eigenvalue weighted by atomic mass is 32.2. The fourth-order valence-electron chi connectivity index (χ4n) is 4.20. The maximum atomic E-state index is 13.2. The van der Waals surface area contributed by atoms with Gasteiger partial charge in [-0.1, -0.05) is 24.3 Å². The van der Waals surface area contributed by atoms with Gasteiger partial charge in [0, 0.05) is 37.4 Å². The van der Waals surface area contributed by atoms with Gasteiger partial charge in [0.05, 0.1) is 5.69 Å². The van der Waals surface area contributed by atoms with E-state index in [1.54, 1.807) is 65.6 Å². The molecular weight excluding hydrogens is 443 g/mol. The number of hydrogen-bond donors (Lipinski definition) is 2. The van der Waals surface area contributed by atoms with Crippen molar-refractivity contribution in [1.29, 1.82) is 0 Å². The minimum Gasteiger partial charge on any atom is -0.368 e. The van der Waals surface area contributed by atoms with E-state index < -0.39 is 16.2 Å². The van der Waals surface area contributed by atoms with Gasteiger partial charge in [0.1, 0.15) is 16.9 Å². The molecule has 0 bridgehead atoms. The van der Waals surface area contributed by atoms with Gasteiger partial charge in [-0.2, -0.15) is 4.72 Å². The van der Waals surface area contributed by atoms with Gasteiger partial charge in [-0.15, -0.1) is 0 Å². The molecule has 1 amide bonds. The summed E-state index contributed by atoms with van der Waals surface area (Å²) in [5.74, 6) is -0.334. The van der Waals surface area contributed by atoms with Crippen molar-refractivity contribution in [3.05, 3.63) is 89.7 Å². The van der Waals surface area contributed by atoms with Crippen molar-refractivity contribution >= 4 is 27.3 Å². The lowest BCUT2D eigenvalue weighted by Crippen LogP contribution is -2.48. The van der Waals surface area contributed by atoms with Gasteiger partial charge in [-0.25, -0.2) is 12.8 Å². The van der Waals surface area contributed by atoms with Crippen LogP contribution in [0.2, 0.25) is 0 Å². The Bertz CT molecular complexity index is 1270. The molecule has 33 heavy (non-hydrogen) atoms. The first-order valence-corrected chi connectivity index (χ1v) is 12.2. The summed E-state index contributed by atoms with van der Waals surface area (Å²) in [7, 11) is -3.63. The number of halogens is 1. The molecule has 170 valence electrons. The first-order valence-electron chi connectivity index (χ1n) is 10.7. The molecule has 3 aromatic carbocycles. The second-order valence-corrected chi connectivity index (χ2v) is 9.75.